The third-order valence-corrected chi connectivity index (χ3v) is 2.74. The second kappa shape index (κ2) is 6.38. The molecule has 0 spiro atoms. The molecule has 0 fully saturated rings. The van der Waals surface area contributed by atoms with Gasteiger partial charge in [-0.25, -0.2) is 9.18 Å². The molecule has 0 aromatic heterocycles. The Labute approximate surface area is 107 Å². The van der Waals surface area contributed by atoms with Crippen LogP contribution in [0.1, 0.15) is 33.6 Å². The first-order valence-corrected chi connectivity index (χ1v) is 6.23. The Morgan fingerprint density at radius 3 is 2.44 bits per heavy atom. The first kappa shape index (κ1) is 14.5. The number of nitrogens with one attached hydrogen (secondary N) is 1. The number of hydrogen-bond acceptors (Lipinski definition) is 3. The first-order chi connectivity index (χ1) is 8.51. The third-order valence-electron chi connectivity index (χ3n) is 2.74. The number of halogens is 1. The zero-order chi connectivity index (χ0) is 13.6. The molecule has 1 aromatic carbocycles. The normalized spacial score (nSPS) is 13.8. The molecular formula is C14H20FNO2. The zero-order valence-corrected chi connectivity index (χ0v) is 11.1. The van der Waals surface area contributed by atoms with Crippen LogP contribution in [0.4, 0.5) is 10.1 Å². The van der Waals surface area contributed by atoms with E-state index in [1.165, 1.54) is 12.1 Å². The van der Waals surface area contributed by atoms with Crippen LogP contribution in [0.5, 0.6) is 0 Å². The van der Waals surface area contributed by atoms with Crippen LogP contribution in [0.25, 0.3) is 0 Å². The summed E-state index contributed by atoms with van der Waals surface area (Å²) in [5, 5.41) is 3.13. The van der Waals surface area contributed by atoms with E-state index in [1.54, 1.807) is 26.0 Å². The minimum Gasteiger partial charge on any atom is -0.464 e. The fraction of sp³-hybridized carbons (Fsp3) is 0.500. The minimum absolute atomic E-state index is 0.281. The van der Waals surface area contributed by atoms with Gasteiger partial charge in [-0.05, 0) is 44.5 Å². The Morgan fingerprint density at radius 1 is 1.33 bits per heavy atom. The van der Waals surface area contributed by atoms with E-state index in [2.05, 4.69) is 5.32 Å². The van der Waals surface area contributed by atoms with Gasteiger partial charge >= 0.3 is 5.97 Å². The van der Waals surface area contributed by atoms with Crippen LogP contribution in [0.2, 0.25) is 0 Å². The van der Waals surface area contributed by atoms with E-state index in [0.717, 1.165) is 6.42 Å². The molecular weight excluding hydrogens is 233 g/mol. The van der Waals surface area contributed by atoms with Crippen molar-refractivity contribution in [3.8, 4) is 0 Å². The van der Waals surface area contributed by atoms with Gasteiger partial charge in [-0.1, -0.05) is 13.3 Å². The topological polar surface area (TPSA) is 38.3 Å². The monoisotopic (exact) mass is 253 g/mol. The minimum atomic E-state index is -0.775. The van der Waals surface area contributed by atoms with Gasteiger partial charge in [-0.3, -0.25) is 0 Å². The van der Waals surface area contributed by atoms with E-state index < -0.39 is 5.54 Å². The quantitative estimate of drug-likeness (QED) is 0.790. The summed E-state index contributed by atoms with van der Waals surface area (Å²) >= 11 is 0. The molecule has 3 nitrogen and oxygen atoms in total. The Kier molecular flexibility index (Phi) is 5.13. The van der Waals surface area contributed by atoms with Gasteiger partial charge in [0.15, 0.2) is 0 Å². The summed E-state index contributed by atoms with van der Waals surface area (Å²) in [6, 6.07) is 5.95. The maximum atomic E-state index is 12.8. The number of ether oxygens (including phenoxy) is 1. The number of anilines is 1. The standard InChI is InChI=1S/C14H20FNO2/c1-4-10-14(3,13(17)18-5-2)16-12-8-6-11(15)7-9-12/h6-9,16H,4-5,10H2,1-3H3. The molecule has 100 valence electrons. The van der Waals surface area contributed by atoms with E-state index in [0.29, 0.717) is 18.7 Å². The molecule has 0 amide bonds. The van der Waals surface area contributed by atoms with Gasteiger partial charge in [-0.2, -0.15) is 0 Å². The summed E-state index contributed by atoms with van der Waals surface area (Å²) in [5.41, 5.74) is -0.0665. The summed E-state index contributed by atoms with van der Waals surface area (Å²) in [6.45, 7) is 5.94. The molecule has 18 heavy (non-hydrogen) atoms. The van der Waals surface area contributed by atoms with Crippen molar-refractivity contribution in [2.24, 2.45) is 0 Å². The first-order valence-electron chi connectivity index (χ1n) is 6.23. The van der Waals surface area contributed by atoms with E-state index in [4.69, 9.17) is 4.74 Å². The Bertz CT molecular complexity index is 391. The predicted octanol–water partition coefficient (Wildman–Crippen LogP) is 3.36. The fourth-order valence-electron chi connectivity index (χ4n) is 1.86. The summed E-state index contributed by atoms with van der Waals surface area (Å²) in [7, 11) is 0. The van der Waals surface area contributed by atoms with E-state index in [1.807, 2.05) is 6.92 Å². The van der Waals surface area contributed by atoms with Crippen molar-refractivity contribution in [1.29, 1.82) is 0 Å². The molecule has 0 radical (unpaired) electrons. The SMILES string of the molecule is CCCC(C)(Nc1ccc(F)cc1)C(=O)OCC. The number of carbonyl (C=O) groups is 1. The van der Waals surface area contributed by atoms with Crippen LogP contribution in [0.3, 0.4) is 0 Å². The molecule has 1 aromatic rings. The molecule has 0 heterocycles. The van der Waals surface area contributed by atoms with E-state index in [9.17, 15) is 9.18 Å². The highest BCUT2D eigenvalue weighted by atomic mass is 19.1. The van der Waals surface area contributed by atoms with Crippen LogP contribution in [0.15, 0.2) is 24.3 Å². The molecule has 0 saturated carbocycles. The molecule has 4 heteroatoms. The Balaban J connectivity index is 2.84. The Hall–Kier alpha value is -1.58. The van der Waals surface area contributed by atoms with E-state index in [-0.39, 0.29) is 11.8 Å². The summed E-state index contributed by atoms with van der Waals surface area (Å²) in [4.78, 5) is 12.0. The van der Waals surface area contributed by atoms with Crippen LogP contribution in [0, 0.1) is 5.82 Å². The highest BCUT2D eigenvalue weighted by Crippen LogP contribution is 2.22. The van der Waals surface area contributed by atoms with Gasteiger partial charge in [0.05, 0.1) is 6.61 Å². The summed E-state index contributed by atoms with van der Waals surface area (Å²) in [6.07, 6.45) is 1.51. The predicted molar refractivity (Wildman–Crippen MR) is 70.0 cm³/mol. The van der Waals surface area contributed by atoms with Crippen molar-refractivity contribution >= 4 is 11.7 Å². The van der Waals surface area contributed by atoms with Gasteiger partial charge in [0.1, 0.15) is 11.4 Å². The summed E-state index contributed by atoms with van der Waals surface area (Å²) < 4.78 is 17.9. The third kappa shape index (κ3) is 3.72. The number of rotatable bonds is 6. The summed E-state index contributed by atoms with van der Waals surface area (Å²) in [5.74, 6) is -0.579. The molecule has 1 N–H and O–H groups in total. The van der Waals surface area contributed by atoms with Crippen LogP contribution in [-0.4, -0.2) is 18.1 Å². The van der Waals surface area contributed by atoms with Crippen molar-refractivity contribution in [2.45, 2.75) is 39.2 Å². The maximum absolute atomic E-state index is 12.8. The van der Waals surface area contributed by atoms with Crippen molar-refractivity contribution in [3.05, 3.63) is 30.1 Å². The molecule has 0 aliphatic heterocycles. The lowest BCUT2D eigenvalue weighted by atomic mass is 9.95. The lowest BCUT2D eigenvalue weighted by molar-refractivity contribution is -0.148. The van der Waals surface area contributed by atoms with Crippen LogP contribution in [-0.2, 0) is 9.53 Å². The van der Waals surface area contributed by atoms with Gasteiger partial charge in [0.2, 0.25) is 0 Å². The van der Waals surface area contributed by atoms with Crippen molar-refractivity contribution in [2.75, 3.05) is 11.9 Å². The molecule has 1 atom stereocenters. The lowest BCUT2D eigenvalue weighted by Crippen LogP contribution is -2.44. The molecule has 1 rings (SSSR count). The van der Waals surface area contributed by atoms with Crippen LogP contribution < -0.4 is 5.32 Å². The van der Waals surface area contributed by atoms with E-state index >= 15 is 0 Å². The van der Waals surface area contributed by atoms with Gasteiger partial charge in [-0.15, -0.1) is 0 Å². The second-order valence-electron chi connectivity index (χ2n) is 4.43. The largest absolute Gasteiger partial charge is 0.464 e. The van der Waals surface area contributed by atoms with Crippen molar-refractivity contribution in [1.82, 2.24) is 0 Å². The number of benzene rings is 1. The second-order valence-corrected chi connectivity index (χ2v) is 4.43. The van der Waals surface area contributed by atoms with Gasteiger partial charge < -0.3 is 10.1 Å². The highest BCUT2D eigenvalue weighted by molar-refractivity contribution is 5.84. The highest BCUT2D eigenvalue weighted by Gasteiger charge is 2.33. The zero-order valence-electron chi connectivity index (χ0n) is 11.1. The van der Waals surface area contributed by atoms with Gasteiger partial charge in [0, 0.05) is 5.69 Å². The smallest absolute Gasteiger partial charge is 0.331 e. The maximum Gasteiger partial charge on any atom is 0.331 e. The number of esters is 1. The van der Waals surface area contributed by atoms with Crippen molar-refractivity contribution < 1.29 is 13.9 Å². The molecule has 0 aliphatic carbocycles. The lowest BCUT2D eigenvalue weighted by Gasteiger charge is -2.29. The van der Waals surface area contributed by atoms with Crippen molar-refractivity contribution in [3.63, 3.8) is 0 Å². The average molecular weight is 253 g/mol. The molecule has 0 aliphatic rings. The fourth-order valence-corrected chi connectivity index (χ4v) is 1.86. The molecule has 1 unspecified atom stereocenters. The number of carbonyl (C=O) groups excluding carboxylic acids is 1. The van der Waals surface area contributed by atoms with Crippen LogP contribution >= 0.6 is 0 Å². The Morgan fingerprint density at radius 2 is 1.94 bits per heavy atom. The molecule has 0 saturated heterocycles. The average Bonchev–Trinajstić information content (AvgIpc) is 2.33. The molecule has 0 bridgehead atoms. The number of hydrogen-bond donors (Lipinski definition) is 1. The van der Waals surface area contributed by atoms with Gasteiger partial charge in [0.25, 0.3) is 0 Å².